The van der Waals surface area contributed by atoms with Gasteiger partial charge in [0.1, 0.15) is 6.61 Å². The van der Waals surface area contributed by atoms with E-state index < -0.39 is 36.0 Å². The van der Waals surface area contributed by atoms with Crippen molar-refractivity contribution in [1.29, 1.82) is 0 Å². The Kier molecular flexibility index (Phi) is 7.56. The molecule has 2 aromatic rings. The van der Waals surface area contributed by atoms with E-state index in [4.69, 9.17) is 14.2 Å². The number of morpholine rings is 1. The SMILES string of the molecule is CC(=O)OC(C(=O)O)C1OCCN(c2cccc(CC(=O)OCc3ccccc3)c2)C1=O. The van der Waals surface area contributed by atoms with Crippen molar-refractivity contribution in [2.75, 3.05) is 18.1 Å². The Morgan fingerprint density at radius 3 is 2.53 bits per heavy atom. The molecule has 0 spiro atoms. The molecule has 1 saturated heterocycles. The zero-order chi connectivity index (χ0) is 23.1. The lowest BCUT2D eigenvalue weighted by Crippen LogP contribution is -2.55. The van der Waals surface area contributed by atoms with Crippen LogP contribution in [0.3, 0.4) is 0 Å². The molecule has 0 aromatic heterocycles. The van der Waals surface area contributed by atoms with Gasteiger partial charge in [-0.3, -0.25) is 14.4 Å². The first-order chi connectivity index (χ1) is 15.3. The van der Waals surface area contributed by atoms with Crippen molar-refractivity contribution in [1.82, 2.24) is 0 Å². The average molecular weight is 441 g/mol. The first-order valence-electron chi connectivity index (χ1n) is 9.96. The highest BCUT2D eigenvalue weighted by molar-refractivity contribution is 6.00. The molecule has 9 nitrogen and oxygen atoms in total. The molecule has 0 radical (unpaired) electrons. The number of hydrogen-bond donors (Lipinski definition) is 1. The second-order valence-corrected chi connectivity index (χ2v) is 7.14. The standard InChI is InChI=1S/C23H23NO8/c1-15(25)32-21(23(28)29)20-22(27)24(10-11-30-20)18-9-5-8-17(12-18)13-19(26)31-14-16-6-3-2-4-7-16/h2-9,12,20-21H,10-11,13-14H2,1H3,(H,28,29). The third-order valence-corrected chi connectivity index (χ3v) is 4.75. The van der Waals surface area contributed by atoms with Crippen LogP contribution in [-0.4, -0.2) is 54.3 Å². The minimum absolute atomic E-state index is 0.00777. The lowest BCUT2D eigenvalue weighted by Gasteiger charge is -2.34. The number of aliphatic carboxylic acids is 1. The van der Waals surface area contributed by atoms with Gasteiger partial charge in [-0.2, -0.15) is 0 Å². The second kappa shape index (κ2) is 10.5. The van der Waals surface area contributed by atoms with Crippen molar-refractivity contribution in [2.45, 2.75) is 32.2 Å². The van der Waals surface area contributed by atoms with Gasteiger partial charge in [0.15, 0.2) is 6.10 Å². The molecule has 0 bridgehead atoms. The molecule has 1 amide bonds. The molecule has 0 saturated carbocycles. The summed E-state index contributed by atoms with van der Waals surface area (Å²) in [5.74, 6) is -3.37. The maximum Gasteiger partial charge on any atom is 0.348 e. The Labute approximate surface area is 184 Å². The molecule has 2 atom stereocenters. The summed E-state index contributed by atoms with van der Waals surface area (Å²) in [7, 11) is 0. The lowest BCUT2D eigenvalue weighted by molar-refractivity contribution is -0.177. The Hall–Kier alpha value is -3.72. The van der Waals surface area contributed by atoms with E-state index in [-0.39, 0.29) is 26.2 Å². The molecular weight excluding hydrogens is 418 g/mol. The average Bonchev–Trinajstić information content (AvgIpc) is 2.77. The smallest absolute Gasteiger partial charge is 0.348 e. The van der Waals surface area contributed by atoms with Crippen molar-refractivity contribution < 1.29 is 38.5 Å². The van der Waals surface area contributed by atoms with Gasteiger partial charge in [0.05, 0.1) is 13.0 Å². The zero-order valence-electron chi connectivity index (χ0n) is 17.4. The van der Waals surface area contributed by atoms with Gasteiger partial charge in [0.2, 0.25) is 6.10 Å². The van der Waals surface area contributed by atoms with Crippen LogP contribution in [0, 0.1) is 0 Å². The predicted molar refractivity (Wildman–Crippen MR) is 112 cm³/mol. The van der Waals surface area contributed by atoms with Gasteiger partial charge in [-0.15, -0.1) is 0 Å². The largest absolute Gasteiger partial charge is 0.478 e. The van der Waals surface area contributed by atoms with E-state index >= 15 is 0 Å². The Bertz CT molecular complexity index is 991. The number of carbonyl (C=O) groups excluding carboxylic acids is 3. The van der Waals surface area contributed by atoms with Crippen molar-refractivity contribution >= 4 is 29.5 Å². The molecule has 1 fully saturated rings. The molecule has 2 unspecified atom stereocenters. The summed E-state index contributed by atoms with van der Waals surface area (Å²) in [5, 5.41) is 9.35. The van der Waals surface area contributed by atoms with Crippen molar-refractivity contribution in [3.8, 4) is 0 Å². The van der Waals surface area contributed by atoms with Gasteiger partial charge in [0.25, 0.3) is 5.91 Å². The maximum absolute atomic E-state index is 12.9. The lowest BCUT2D eigenvalue weighted by atomic mass is 10.1. The molecule has 3 rings (SSSR count). The number of carboxylic acids is 1. The van der Waals surface area contributed by atoms with Crippen LogP contribution in [0.1, 0.15) is 18.1 Å². The molecule has 1 heterocycles. The van der Waals surface area contributed by atoms with Crippen molar-refractivity contribution in [3.05, 3.63) is 65.7 Å². The van der Waals surface area contributed by atoms with Gasteiger partial charge in [-0.25, -0.2) is 4.79 Å². The summed E-state index contributed by atoms with van der Waals surface area (Å²) in [4.78, 5) is 49.2. The predicted octanol–water partition coefficient (Wildman–Crippen LogP) is 1.72. The minimum atomic E-state index is -1.75. The number of amides is 1. The summed E-state index contributed by atoms with van der Waals surface area (Å²) in [5.41, 5.74) is 1.98. The van der Waals surface area contributed by atoms with E-state index in [1.165, 1.54) is 4.90 Å². The Balaban J connectivity index is 1.68. The highest BCUT2D eigenvalue weighted by Gasteiger charge is 2.42. The van der Waals surface area contributed by atoms with E-state index in [1.807, 2.05) is 30.3 Å². The fourth-order valence-electron chi connectivity index (χ4n) is 3.29. The number of benzene rings is 2. The molecule has 1 aliphatic rings. The van der Waals surface area contributed by atoms with Crippen molar-refractivity contribution in [3.63, 3.8) is 0 Å². The van der Waals surface area contributed by atoms with E-state index in [0.717, 1.165) is 12.5 Å². The van der Waals surface area contributed by atoms with Gasteiger partial charge in [-0.05, 0) is 23.3 Å². The topological polar surface area (TPSA) is 119 Å². The normalized spacial score (nSPS) is 16.8. The monoisotopic (exact) mass is 441 g/mol. The fraction of sp³-hybridized carbons (Fsp3) is 0.304. The van der Waals surface area contributed by atoms with Gasteiger partial charge >= 0.3 is 17.9 Å². The number of nitrogens with zero attached hydrogens (tertiary/aromatic N) is 1. The quantitative estimate of drug-likeness (QED) is 0.615. The summed E-state index contributed by atoms with van der Waals surface area (Å²) < 4.78 is 15.4. The van der Waals surface area contributed by atoms with Crippen LogP contribution in [0.2, 0.25) is 0 Å². The van der Waals surface area contributed by atoms with Crippen LogP contribution in [0.15, 0.2) is 54.6 Å². The minimum Gasteiger partial charge on any atom is -0.478 e. The summed E-state index contributed by atoms with van der Waals surface area (Å²) in [6.45, 7) is 1.46. The molecule has 168 valence electrons. The molecule has 1 N–H and O–H groups in total. The van der Waals surface area contributed by atoms with Crippen LogP contribution < -0.4 is 4.90 Å². The van der Waals surface area contributed by atoms with Crippen LogP contribution >= 0.6 is 0 Å². The first kappa shape index (κ1) is 23.0. The highest BCUT2D eigenvalue weighted by atomic mass is 16.6. The number of carboxylic acid groups (broad SMARTS) is 1. The third-order valence-electron chi connectivity index (χ3n) is 4.75. The van der Waals surface area contributed by atoms with Crippen LogP contribution in [0.5, 0.6) is 0 Å². The van der Waals surface area contributed by atoms with Gasteiger partial charge < -0.3 is 24.2 Å². The van der Waals surface area contributed by atoms with Gasteiger partial charge in [-0.1, -0.05) is 42.5 Å². The number of anilines is 1. The molecule has 2 aromatic carbocycles. The highest BCUT2D eigenvalue weighted by Crippen LogP contribution is 2.23. The van der Waals surface area contributed by atoms with Crippen LogP contribution in [0.4, 0.5) is 5.69 Å². The molecular formula is C23H23NO8. The number of esters is 2. The number of carbonyl (C=O) groups is 4. The number of ether oxygens (including phenoxy) is 3. The fourth-order valence-corrected chi connectivity index (χ4v) is 3.29. The van der Waals surface area contributed by atoms with Crippen LogP contribution in [-0.2, 0) is 46.4 Å². The Morgan fingerprint density at radius 1 is 1.12 bits per heavy atom. The maximum atomic E-state index is 12.9. The van der Waals surface area contributed by atoms with E-state index in [9.17, 15) is 24.3 Å². The van der Waals surface area contributed by atoms with E-state index in [1.54, 1.807) is 24.3 Å². The second-order valence-electron chi connectivity index (χ2n) is 7.14. The molecule has 1 aliphatic heterocycles. The zero-order valence-corrected chi connectivity index (χ0v) is 17.4. The summed E-state index contributed by atoms with van der Waals surface area (Å²) in [6.07, 6.45) is -3.21. The van der Waals surface area contributed by atoms with E-state index in [0.29, 0.717) is 11.3 Å². The molecule has 32 heavy (non-hydrogen) atoms. The number of hydrogen-bond acceptors (Lipinski definition) is 7. The van der Waals surface area contributed by atoms with E-state index in [2.05, 4.69) is 0 Å². The van der Waals surface area contributed by atoms with Gasteiger partial charge in [0, 0.05) is 19.2 Å². The van der Waals surface area contributed by atoms with Crippen molar-refractivity contribution in [2.24, 2.45) is 0 Å². The van der Waals surface area contributed by atoms with Crippen LogP contribution in [0.25, 0.3) is 0 Å². The summed E-state index contributed by atoms with van der Waals surface area (Å²) >= 11 is 0. The molecule has 0 aliphatic carbocycles. The third kappa shape index (κ3) is 5.92. The summed E-state index contributed by atoms with van der Waals surface area (Å²) in [6, 6.07) is 16.0. The first-order valence-corrected chi connectivity index (χ1v) is 9.96. The molecule has 9 heteroatoms. The Morgan fingerprint density at radius 2 is 1.84 bits per heavy atom. The number of rotatable bonds is 8.